The van der Waals surface area contributed by atoms with Gasteiger partial charge < -0.3 is 19.6 Å². The maximum absolute atomic E-state index is 13.2. The van der Waals surface area contributed by atoms with Crippen LogP contribution in [0.1, 0.15) is 36.0 Å². The summed E-state index contributed by atoms with van der Waals surface area (Å²) in [5, 5.41) is 12.2. The van der Waals surface area contributed by atoms with Crippen molar-refractivity contribution in [2.24, 2.45) is 0 Å². The Labute approximate surface area is 189 Å². The minimum absolute atomic E-state index is 0.0271. The largest absolute Gasteiger partial charge is 0.487 e. The fourth-order valence-electron chi connectivity index (χ4n) is 7.11. The lowest BCUT2D eigenvalue weighted by Crippen LogP contribution is -2.77. The summed E-state index contributed by atoms with van der Waals surface area (Å²) in [7, 11) is 4.01. The molecule has 0 aromatic heterocycles. The van der Waals surface area contributed by atoms with E-state index in [1.54, 1.807) is 6.08 Å². The average Bonchev–Trinajstić information content (AvgIpc) is 3.15. The van der Waals surface area contributed by atoms with E-state index in [9.17, 15) is 9.90 Å². The normalized spacial score (nSPS) is 34.8. The number of rotatable bonds is 3. The number of hydrogen-bond donors (Lipinski definition) is 1. The number of amides is 1. The molecule has 6 rings (SSSR count). The summed E-state index contributed by atoms with van der Waals surface area (Å²) in [6.45, 7) is 0.929. The molecule has 2 heterocycles. The molecule has 32 heavy (non-hydrogen) atoms. The van der Waals surface area contributed by atoms with Gasteiger partial charge in [0.15, 0.2) is 0 Å². The van der Waals surface area contributed by atoms with Gasteiger partial charge in [-0.3, -0.25) is 4.79 Å². The van der Waals surface area contributed by atoms with Crippen molar-refractivity contribution in [1.29, 1.82) is 0 Å². The zero-order valence-corrected chi connectivity index (χ0v) is 18.7. The van der Waals surface area contributed by atoms with Gasteiger partial charge in [0.2, 0.25) is 5.91 Å². The van der Waals surface area contributed by atoms with Crippen LogP contribution in [0.25, 0.3) is 6.08 Å². The molecule has 2 aromatic carbocycles. The number of carbonyl (C=O) groups excluding carboxylic acids is 1. The highest BCUT2D eigenvalue weighted by molar-refractivity contribution is 5.92. The lowest BCUT2D eigenvalue weighted by molar-refractivity contribution is -0.195. The van der Waals surface area contributed by atoms with Crippen LogP contribution in [0, 0.1) is 0 Å². The zero-order chi connectivity index (χ0) is 22.1. The molecule has 2 aromatic rings. The van der Waals surface area contributed by atoms with Crippen LogP contribution in [0.4, 0.5) is 0 Å². The molecule has 5 heteroatoms. The van der Waals surface area contributed by atoms with E-state index in [1.165, 1.54) is 11.1 Å². The summed E-state index contributed by atoms with van der Waals surface area (Å²) in [4.78, 5) is 17.3. The minimum atomic E-state index is -0.829. The number of nitrogens with zero attached hydrogens (tertiary/aromatic N) is 2. The smallest absolute Gasteiger partial charge is 0.246 e. The molecule has 5 atom stereocenters. The summed E-state index contributed by atoms with van der Waals surface area (Å²) in [5.74, 6) is 0.877. The minimum Gasteiger partial charge on any atom is -0.487 e. The molecule has 1 spiro atoms. The lowest BCUT2D eigenvalue weighted by Gasteiger charge is -2.64. The Hall–Kier alpha value is -2.63. The molecule has 2 unspecified atom stereocenters. The number of likely N-dealkylation sites (tertiary alicyclic amines) is 1. The first kappa shape index (κ1) is 20.0. The predicted octanol–water partition coefficient (Wildman–Crippen LogP) is 3.01. The molecule has 2 aliphatic carbocycles. The summed E-state index contributed by atoms with van der Waals surface area (Å²) in [5.41, 5.74) is 2.23. The van der Waals surface area contributed by atoms with Gasteiger partial charge in [-0.15, -0.1) is 0 Å². The number of piperidine rings is 1. The molecule has 2 bridgehead atoms. The monoisotopic (exact) mass is 430 g/mol. The number of ether oxygens (including phenoxy) is 1. The van der Waals surface area contributed by atoms with Crippen LogP contribution in [0.3, 0.4) is 0 Å². The van der Waals surface area contributed by atoms with Crippen molar-refractivity contribution >= 4 is 12.0 Å². The van der Waals surface area contributed by atoms with E-state index in [0.29, 0.717) is 6.42 Å². The third-order valence-corrected chi connectivity index (χ3v) is 8.66. The van der Waals surface area contributed by atoms with Crippen molar-refractivity contribution < 1.29 is 14.6 Å². The maximum atomic E-state index is 13.2. The summed E-state index contributed by atoms with van der Waals surface area (Å²) in [6, 6.07) is 16.2. The Balaban J connectivity index is 1.37. The SMILES string of the molecule is CN(C(=O)/C=C/c1ccccc1)C1CC[C@@]2(O)[C@H]3Cc4cccc5c4[C@@]2(CCN3C)C1O5. The Morgan fingerprint density at radius 1 is 1.19 bits per heavy atom. The molecule has 166 valence electrons. The van der Waals surface area contributed by atoms with Gasteiger partial charge in [0.25, 0.3) is 0 Å². The van der Waals surface area contributed by atoms with Crippen molar-refractivity contribution in [3.63, 3.8) is 0 Å². The van der Waals surface area contributed by atoms with Crippen LogP contribution in [-0.4, -0.2) is 65.2 Å². The molecule has 2 aliphatic heterocycles. The molecule has 5 nitrogen and oxygen atoms in total. The number of likely N-dealkylation sites (N-methyl/N-ethyl adjacent to an activating group) is 2. The van der Waals surface area contributed by atoms with Crippen molar-refractivity contribution in [3.05, 3.63) is 71.3 Å². The van der Waals surface area contributed by atoms with Crippen molar-refractivity contribution in [2.45, 2.75) is 54.9 Å². The van der Waals surface area contributed by atoms with Gasteiger partial charge in [-0.2, -0.15) is 0 Å². The Kier molecular flexibility index (Phi) is 4.33. The molecule has 4 aliphatic rings. The third kappa shape index (κ3) is 2.49. The average molecular weight is 431 g/mol. The van der Waals surface area contributed by atoms with E-state index in [2.05, 4.69) is 24.1 Å². The number of aliphatic hydroxyl groups is 1. The number of benzene rings is 2. The molecule has 1 saturated heterocycles. The van der Waals surface area contributed by atoms with Gasteiger partial charge in [0, 0.05) is 24.7 Å². The predicted molar refractivity (Wildman–Crippen MR) is 123 cm³/mol. The van der Waals surface area contributed by atoms with Crippen LogP contribution >= 0.6 is 0 Å². The van der Waals surface area contributed by atoms with Crippen LogP contribution in [0.5, 0.6) is 5.75 Å². The molecule has 0 radical (unpaired) electrons. The van der Waals surface area contributed by atoms with Crippen LogP contribution in [0.2, 0.25) is 0 Å². The molecular weight excluding hydrogens is 400 g/mol. The Morgan fingerprint density at radius 3 is 2.81 bits per heavy atom. The van der Waals surface area contributed by atoms with E-state index >= 15 is 0 Å². The first-order valence-electron chi connectivity index (χ1n) is 11.7. The Morgan fingerprint density at radius 2 is 2.00 bits per heavy atom. The standard InChI is InChI=1S/C27H30N2O3/c1-28-16-15-26-24-19-9-6-10-21(24)32-25(26)20(13-14-27(26,31)22(28)17-19)29(2)23(30)12-11-18-7-4-3-5-8-18/h3-12,20,22,25,31H,13-17H2,1-2H3/b12-11+/t20?,22-,25?,26+,27-/m1/s1. The molecule has 1 amide bonds. The highest BCUT2D eigenvalue weighted by Crippen LogP contribution is 2.64. The van der Waals surface area contributed by atoms with Crippen LogP contribution < -0.4 is 4.74 Å². The third-order valence-electron chi connectivity index (χ3n) is 8.66. The molecule has 2 fully saturated rings. The fourth-order valence-corrected chi connectivity index (χ4v) is 7.11. The van der Waals surface area contributed by atoms with Gasteiger partial charge in [-0.25, -0.2) is 0 Å². The second-order valence-electron chi connectivity index (χ2n) is 9.97. The van der Waals surface area contributed by atoms with Gasteiger partial charge in [0.05, 0.1) is 17.1 Å². The van der Waals surface area contributed by atoms with Crippen molar-refractivity contribution in [2.75, 3.05) is 20.6 Å². The van der Waals surface area contributed by atoms with Crippen molar-refractivity contribution in [3.8, 4) is 5.75 Å². The van der Waals surface area contributed by atoms with Gasteiger partial charge in [-0.1, -0.05) is 42.5 Å². The molecular formula is C27H30N2O3. The van der Waals surface area contributed by atoms with Crippen LogP contribution in [0.15, 0.2) is 54.6 Å². The second kappa shape index (κ2) is 6.93. The molecule has 1 N–H and O–H groups in total. The second-order valence-corrected chi connectivity index (χ2v) is 9.97. The highest BCUT2D eigenvalue weighted by atomic mass is 16.5. The number of carbonyl (C=O) groups is 1. The number of hydrogen-bond acceptors (Lipinski definition) is 4. The first-order valence-corrected chi connectivity index (χ1v) is 11.7. The summed E-state index contributed by atoms with van der Waals surface area (Å²) in [6.07, 6.45) is 6.41. The van der Waals surface area contributed by atoms with E-state index in [4.69, 9.17) is 4.74 Å². The van der Waals surface area contributed by atoms with Gasteiger partial charge >= 0.3 is 0 Å². The van der Waals surface area contributed by atoms with E-state index in [1.807, 2.05) is 54.4 Å². The molecule has 1 saturated carbocycles. The highest BCUT2D eigenvalue weighted by Gasteiger charge is 2.72. The maximum Gasteiger partial charge on any atom is 0.246 e. The first-order chi connectivity index (χ1) is 15.5. The van der Waals surface area contributed by atoms with E-state index in [-0.39, 0.29) is 24.1 Å². The zero-order valence-electron chi connectivity index (χ0n) is 18.7. The van der Waals surface area contributed by atoms with Crippen LogP contribution in [-0.2, 0) is 16.6 Å². The van der Waals surface area contributed by atoms with E-state index in [0.717, 1.165) is 37.1 Å². The summed E-state index contributed by atoms with van der Waals surface area (Å²) >= 11 is 0. The van der Waals surface area contributed by atoms with Gasteiger partial charge in [-0.05, 0) is 62.5 Å². The lowest BCUT2D eigenvalue weighted by atomic mass is 9.48. The fraction of sp³-hybridized carbons (Fsp3) is 0.444. The van der Waals surface area contributed by atoms with E-state index < -0.39 is 11.0 Å². The summed E-state index contributed by atoms with van der Waals surface area (Å²) < 4.78 is 6.63. The quantitative estimate of drug-likeness (QED) is 0.761. The topological polar surface area (TPSA) is 53.0 Å². The van der Waals surface area contributed by atoms with Crippen molar-refractivity contribution in [1.82, 2.24) is 9.80 Å². The Bertz CT molecular complexity index is 1100. The van der Waals surface area contributed by atoms with Gasteiger partial charge in [0.1, 0.15) is 11.9 Å².